The molecule has 36 heavy (non-hydrogen) atoms. The van der Waals surface area contributed by atoms with Crippen LogP contribution in [0, 0.1) is 5.92 Å². The van der Waals surface area contributed by atoms with Crippen LogP contribution in [0.1, 0.15) is 47.0 Å². The van der Waals surface area contributed by atoms with Gasteiger partial charge in [-0.15, -0.1) is 0 Å². The monoisotopic (exact) mass is 535 g/mol. The van der Waals surface area contributed by atoms with Gasteiger partial charge in [-0.3, -0.25) is 9.59 Å². The first kappa shape index (κ1) is 33.0. The van der Waals surface area contributed by atoms with Gasteiger partial charge in [0.2, 0.25) is 11.8 Å². The van der Waals surface area contributed by atoms with Gasteiger partial charge in [0.05, 0.1) is 27.4 Å². The van der Waals surface area contributed by atoms with Gasteiger partial charge < -0.3 is 34.9 Å². The fourth-order valence-corrected chi connectivity index (χ4v) is 3.55. The number of alkyl carbamates (subject to hydrolysis) is 1. The Kier molecular flexibility index (Phi) is 16.7. The zero-order valence-corrected chi connectivity index (χ0v) is 22.4. The lowest BCUT2D eigenvalue weighted by Crippen LogP contribution is -2.54. The summed E-state index contributed by atoms with van der Waals surface area (Å²) < 4.78 is 19.0. The van der Waals surface area contributed by atoms with E-state index in [4.69, 9.17) is 14.2 Å². The smallest absolute Gasteiger partial charge is 0.407 e. The second-order valence-electron chi connectivity index (χ2n) is 7.70. The molecule has 0 heterocycles. The summed E-state index contributed by atoms with van der Waals surface area (Å²) in [6.45, 7) is 6.93. The summed E-state index contributed by atoms with van der Waals surface area (Å²) in [5.74, 6) is -3.01. The number of carbonyl (C=O) groups excluding carboxylic acids is 6. The lowest BCUT2D eigenvalue weighted by atomic mass is 10.0. The maximum atomic E-state index is 12.9. The Labute approximate surface area is 215 Å². The Bertz CT molecular complexity index is 762. The first-order valence-corrected chi connectivity index (χ1v) is 12.5. The number of carbonyl (C=O) groups is 6. The molecule has 0 radical (unpaired) electrons. The Hall–Kier alpha value is -3.03. The van der Waals surface area contributed by atoms with Crippen LogP contribution in [0.15, 0.2) is 0 Å². The van der Waals surface area contributed by atoms with Gasteiger partial charge in [0.15, 0.2) is 0 Å². The zero-order valence-electron chi connectivity index (χ0n) is 21.5. The first-order valence-electron chi connectivity index (χ1n) is 11.5. The van der Waals surface area contributed by atoms with Gasteiger partial charge in [0.25, 0.3) is 0 Å². The maximum absolute atomic E-state index is 12.9. The molecule has 0 rings (SSSR count). The number of esters is 2. The third kappa shape index (κ3) is 13.2. The minimum Gasteiger partial charge on any atom is -0.467 e. The van der Waals surface area contributed by atoms with E-state index in [2.05, 4.69) is 20.7 Å². The van der Waals surface area contributed by atoms with E-state index >= 15 is 0 Å². The van der Waals surface area contributed by atoms with Crippen LogP contribution in [0.3, 0.4) is 0 Å². The predicted molar refractivity (Wildman–Crippen MR) is 130 cm³/mol. The Balaban J connectivity index is 5.20. The molecule has 0 saturated carbocycles. The highest BCUT2D eigenvalue weighted by Crippen LogP contribution is 2.11. The number of hydrogen-bond donors (Lipinski definition) is 3. The standard InChI is InChI=1S/C22H37N3O10S/c1-7-34-21(30)24-14(19(28)32-5)10-9-11-16(26)23-15(12-36-22(31)35-8-2)18(27)25-17(13(3)4)20(29)33-6/h13-15,17H,7-12H2,1-6H3,(H,23,26)(H,24,30)(H,25,27). The van der Waals surface area contributed by atoms with Gasteiger partial charge in [-0.1, -0.05) is 13.8 Å². The van der Waals surface area contributed by atoms with Gasteiger partial charge >= 0.3 is 23.3 Å². The molecule has 0 fully saturated rings. The Morgan fingerprint density at radius 2 is 1.42 bits per heavy atom. The summed E-state index contributed by atoms with van der Waals surface area (Å²) in [4.78, 5) is 72.7. The highest BCUT2D eigenvalue weighted by Gasteiger charge is 2.30. The molecule has 3 N–H and O–H groups in total. The summed E-state index contributed by atoms with van der Waals surface area (Å²) >= 11 is 0.701. The molecule has 0 aromatic heterocycles. The number of rotatable bonds is 15. The summed E-state index contributed by atoms with van der Waals surface area (Å²) in [6.07, 6.45) is -0.661. The van der Waals surface area contributed by atoms with Crippen molar-refractivity contribution in [2.75, 3.05) is 33.2 Å². The summed E-state index contributed by atoms with van der Waals surface area (Å²) in [5.41, 5.74) is 0. The van der Waals surface area contributed by atoms with Gasteiger partial charge in [0, 0.05) is 12.2 Å². The van der Waals surface area contributed by atoms with E-state index in [0.29, 0.717) is 11.8 Å². The quantitative estimate of drug-likeness (QED) is 0.202. The molecule has 3 atom stereocenters. The van der Waals surface area contributed by atoms with Crippen LogP contribution in [0.2, 0.25) is 0 Å². The molecule has 3 unspecified atom stereocenters. The molecule has 0 spiro atoms. The second-order valence-corrected chi connectivity index (χ2v) is 8.66. The third-order valence-electron chi connectivity index (χ3n) is 4.65. The number of nitrogens with one attached hydrogen (secondary N) is 3. The average molecular weight is 536 g/mol. The van der Waals surface area contributed by atoms with Gasteiger partial charge in [-0.25, -0.2) is 19.2 Å². The van der Waals surface area contributed by atoms with Crippen molar-refractivity contribution in [3.05, 3.63) is 0 Å². The lowest BCUT2D eigenvalue weighted by molar-refractivity contribution is -0.146. The van der Waals surface area contributed by atoms with Gasteiger partial charge in [-0.2, -0.15) is 0 Å². The summed E-state index contributed by atoms with van der Waals surface area (Å²) in [7, 11) is 2.36. The zero-order chi connectivity index (χ0) is 27.7. The van der Waals surface area contributed by atoms with Crippen LogP contribution in [0.4, 0.5) is 9.59 Å². The SMILES string of the molecule is CCOC(=O)NC(CCCC(=O)NC(CSC(=O)OCC)C(=O)NC(C(=O)OC)C(C)C)C(=O)OC. The van der Waals surface area contributed by atoms with Crippen molar-refractivity contribution in [1.29, 1.82) is 0 Å². The normalized spacial score (nSPS) is 13.0. The van der Waals surface area contributed by atoms with E-state index < -0.39 is 53.3 Å². The predicted octanol–water partition coefficient (Wildman–Crippen LogP) is 1.13. The van der Waals surface area contributed by atoms with Crippen LogP contribution in [0.25, 0.3) is 0 Å². The van der Waals surface area contributed by atoms with E-state index in [1.165, 1.54) is 7.11 Å². The number of ether oxygens (including phenoxy) is 4. The van der Waals surface area contributed by atoms with Crippen molar-refractivity contribution in [3.63, 3.8) is 0 Å². The molecule has 0 aliphatic rings. The van der Waals surface area contributed by atoms with Crippen molar-refractivity contribution in [2.45, 2.75) is 65.1 Å². The lowest BCUT2D eigenvalue weighted by Gasteiger charge is -2.24. The van der Waals surface area contributed by atoms with Crippen LogP contribution < -0.4 is 16.0 Å². The van der Waals surface area contributed by atoms with Crippen molar-refractivity contribution < 1.29 is 47.7 Å². The number of thioether (sulfide) groups is 1. The minimum absolute atomic E-state index is 0.0745. The molecular formula is C22H37N3O10S. The highest BCUT2D eigenvalue weighted by atomic mass is 32.2. The molecule has 13 nitrogen and oxygen atoms in total. The fourth-order valence-electron chi connectivity index (χ4n) is 2.81. The summed E-state index contributed by atoms with van der Waals surface area (Å²) in [6, 6.07) is -3.14. The topological polar surface area (TPSA) is 175 Å². The average Bonchev–Trinajstić information content (AvgIpc) is 2.83. The van der Waals surface area contributed by atoms with Crippen molar-refractivity contribution >= 4 is 46.9 Å². The first-order chi connectivity index (χ1) is 17.0. The Morgan fingerprint density at radius 1 is 0.806 bits per heavy atom. The van der Waals surface area contributed by atoms with Crippen LogP contribution in [-0.4, -0.2) is 86.5 Å². The molecule has 206 valence electrons. The largest absolute Gasteiger partial charge is 0.467 e. The molecule has 0 aromatic carbocycles. The third-order valence-corrected chi connectivity index (χ3v) is 5.50. The van der Waals surface area contributed by atoms with Crippen molar-refractivity contribution in [2.24, 2.45) is 5.92 Å². The molecule has 14 heteroatoms. The van der Waals surface area contributed by atoms with E-state index in [9.17, 15) is 28.8 Å². The van der Waals surface area contributed by atoms with Crippen molar-refractivity contribution in [3.8, 4) is 0 Å². The molecular weight excluding hydrogens is 498 g/mol. The van der Waals surface area contributed by atoms with Crippen LogP contribution >= 0.6 is 11.8 Å². The highest BCUT2D eigenvalue weighted by molar-refractivity contribution is 8.13. The van der Waals surface area contributed by atoms with Crippen LogP contribution in [0.5, 0.6) is 0 Å². The van der Waals surface area contributed by atoms with E-state index in [1.54, 1.807) is 27.7 Å². The molecule has 0 aliphatic carbocycles. The molecule has 3 amide bonds. The fraction of sp³-hybridized carbons (Fsp3) is 0.727. The molecule has 0 aliphatic heterocycles. The van der Waals surface area contributed by atoms with Gasteiger partial charge in [-0.05, 0) is 44.4 Å². The number of amides is 3. The molecule has 0 bridgehead atoms. The van der Waals surface area contributed by atoms with Crippen molar-refractivity contribution in [1.82, 2.24) is 16.0 Å². The maximum Gasteiger partial charge on any atom is 0.407 e. The number of methoxy groups -OCH3 is 2. The van der Waals surface area contributed by atoms with E-state index in [1.807, 2.05) is 0 Å². The molecule has 0 aromatic rings. The van der Waals surface area contributed by atoms with E-state index in [0.717, 1.165) is 7.11 Å². The summed E-state index contributed by atoms with van der Waals surface area (Å²) in [5, 5.41) is 6.82. The minimum atomic E-state index is -1.16. The van der Waals surface area contributed by atoms with E-state index in [-0.39, 0.29) is 44.1 Å². The van der Waals surface area contributed by atoms with Crippen LogP contribution in [-0.2, 0) is 38.1 Å². The Morgan fingerprint density at radius 3 is 1.94 bits per heavy atom. The second kappa shape index (κ2) is 18.3. The molecule has 0 saturated heterocycles. The van der Waals surface area contributed by atoms with Gasteiger partial charge in [0.1, 0.15) is 18.1 Å². The number of hydrogen-bond acceptors (Lipinski definition) is 11.